The Morgan fingerprint density at radius 3 is 2.33 bits per heavy atom. The number of nitrogens with zero attached hydrogens (tertiary/aromatic N) is 1. The number of anilines is 1. The Kier molecular flexibility index (Phi) is 3.97. The van der Waals surface area contributed by atoms with Gasteiger partial charge in [-0.3, -0.25) is 4.79 Å². The Balaban J connectivity index is 2.63. The fraction of sp³-hybridized carbons (Fsp3) is 0. The zero-order valence-electron chi connectivity index (χ0n) is 10.4. The standard InChI is InChI=1S/C12H9BrFN3O3S/c13-11-9(5-8(15)10(17-11)12(16)18)21(19,20)7-3-1-6(14)2-4-7/h1-5H,15H2,(H2,16,18). The lowest BCUT2D eigenvalue weighted by atomic mass is 10.3. The van der Waals surface area contributed by atoms with Gasteiger partial charge in [0.05, 0.1) is 10.6 Å². The molecule has 0 spiro atoms. The SMILES string of the molecule is NC(=O)c1nc(Br)c(S(=O)(=O)c2ccc(F)cc2)cc1N. The molecule has 0 fully saturated rings. The molecule has 0 aliphatic carbocycles. The molecule has 0 bridgehead atoms. The van der Waals surface area contributed by atoms with E-state index in [2.05, 4.69) is 20.9 Å². The Bertz CT molecular complexity index is 822. The molecule has 2 aromatic rings. The average molecular weight is 374 g/mol. The van der Waals surface area contributed by atoms with Crippen LogP contribution in [0, 0.1) is 5.82 Å². The van der Waals surface area contributed by atoms with Crippen molar-refractivity contribution < 1.29 is 17.6 Å². The Morgan fingerprint density at radius 1 is 1.24 bits per heavy atom. The van der Waals surface area contributed by atoms with E-state index in [-0.39, 0.29) is 25.8 Å². The van der Waals surface area contributed by atoms with Crippen LogP contribution < -0.4 is 11.5 Å². The maximum absolute atomic E-state index is 12.9. The third-order valence-corrected chi connectivity index (χ3v) is 5.27. The van der Waals surface area contributed by atoms with Crippen molar-refractivity contribution in [2.75, 3.05) is 5.73 Å². The molecule has 4 N–H and O–H groups in total. The minimum atomic E-state index is -3.96. The number of carbonyl (C=O) groups excluding carboxylic acids is 1. The lowest BCUT2D eigenvalue weighted by Gasteiger charge is -2.09. The highest BCUT2D eigenvalue weighted by Gasteiger charge is 2.24. The predicted molar refractivity (Wildman–Crippen MR) is 76.7 cm³/mol. The van der Waals surface area contributed by atoms with Gasteiger partial charge in [0.1, 0.15) is 15.3 Å². The fourth-order valence-electron chi connectivity index (χ4n) is 1.61. The van der Waals surface area contributed by atoms with E-state index in [1.54, 1.807) is 0 Å². The van der Waals surface area contributed by atoms with E-state index in [1.807, 2.05) is 0 Å². The topological polar surface area (TPSA) is 116 Å². The molecule has 2 rings (SSSR count). The van der Waals surface area contributed by atoms with Crippen LogP contribution in [0.2, 0.25) is 0 Å². The number of halogens is 2. The highest BCUT2D eigenvalue weighted by Crippen LogP contribution is 2.29. The van der Waals surface area contributed by atoms with Crippen molar-refractivity contribution in [3.63, 3.8) is 0 Å². The molecule has 0 radical (unpaired) electrons. The highest BCUT2D eigenvalue weighted by atomic mass is 79.9. The number of nitrogen functional groups attached to an aromatic ring is 1. The number of amides is 1. The zero-order valence-corrected chi connectivity index (χ0v) is 12.8. The van der Waals surface area contributed by atoms with Gasteiger partial charge in [0, 0.05) is 0 Å². The largest absolute Gasteiger partial charge is 0.397 e. The van der Waals surface area contributed by atoms with Crippen LogP contribution in [-0.2, 0) is 9.84 Å². The summed E-state index contributed by atoms with van der Waals surface area (Å²) in [4.78, 5) is 14.5. The number of pyridine rings is 1. The lowest BCUT2D eigenvalue weighted by molar-refractivity contribution is 0.0996. The number of primary amides is 1. The molecule has 110 valence electrons. The molecular formula is C12H9BrFN3O3S. The number of benzene rings is 1. The van der Waals surface area contributed by atoms with Crippen molar-refractivity contribution in [3.8, 4) is 0 Å². The summed E-state index contributed by atoms with van der Waals surface area (Å²) in [5.74, 6) is -1.44. The van der Waals surface area contributed by atoms with Crippen molar-refractivity contribution in [1.82, 2.24) is 4.98 Å². The van der Waals surface area contributed by atoms with Crippen molar-refractivity contribution in [2.45, 2.75) is 9.79 Å². The van der Waals surface area contributed by atoms with Crippen molar-refractivity contribution >= 4 is 37.4 Å². The van der Waals surface area contributed by atoms with Crippen LogP contribution in [0.1, 0.15) is 10.5 Å². The first kappa shape index (κ1) is 15.4. The normalized spacial score (nSPS) is 11.3. The minimum Gasteiger partial charge on any atom is -0.397 e. The summed E-state index contributed by atoms with van der Waals surface area (Å²) in [5.41, 5.74) is 10.3. The second kappa shape index (κ2) is 5.41. The molecular weight excluding hydrogens is 365 g/mol. The average Bonchev–Trinajstić information content (AvgIpc) is 2.41. The molecule has 0 atom stereocenters. The molecule has 0 saturated carbocycles. The molecule has 1 amide bonds. The Morgan fingerprint density at radius 2 is 1.81 bits per heavy atom. The van der Waals surface area contributed by atoms with Gasteiger partial charge in [-0.05, 0) is 46.3 Å². The van der Waals surface area contributed by atoms with Gasteiger partial charge in [-0.1, -0.05) is 0 Å². The fourth-order valence-corrected chi connectivity index (χ4v) is 3.84. The summed E-state index contributed by atoms with van der Waals surface area (Å²) in [7, 11) is -3.96. The number of sulfone groups is 1. The van der Waals surface area contributed by atoms with E-state index >= 15 is 0 Å². The van der Waals surface area contributed by atoms with E-state index in [9.17, 15) is 17.6 Å². The van der Waals surface area contributed by atoms with Gasteiger partial charge in [0.2, 0.25) is 9.84 Å². The summed E-state index contributed by atoms with van der Waals surface area (Å²) >= 11 is 2.97. The zero-order chi connectivity index (χ0) is 15.8. The molecule has 1 aromatic heterocycles. The Labute approximate surface area is 128 Å². The van der Waals surface area contributed by atoms with Crippen molar-refractivity contribution in [1.29, 1.82) is 0 Å². The van der Waals surface area contributed by atoms with Crippen LogP contribution in [0.4, 0.5) is 10.1 Å². The smallest absolute Gasteiger partial charge is 0.269 e. The van der Waals surface area contributed by atoms with Crippen molar-refractivity contribution in [2.24, 2.45) is 5.73 Å². The van der Waals surface area contributed by atoms with Crippen LogP contribution in [0.3, 0.4) is 0 Å². The quantitative estimate of drug-likeness (QED) is 0.624. The summed E-state index contributed by atoms with van der Waals surface area (Å²) in [6, 6.07) is 5.37. The Hall–Kier alpha value is -2.00. The van der Waals surface area contributed by atoms with E-state index in [4.69, 9.17) is 11.5 Å². The summed E-state index contributed by atoms with van der Waals surface area (Å²) in [6.45, 7) is 0. The van der Waals surface area contributed by atoms with Crippen LogP contribution in [0.15, 0.2) is 44.7 Å². The lowest BCUT2D eigenvalue weighted by Crippen LogP contribution is -2.17. The van der Waals surface area contributed by atoms with Gasteiger partial charge in [0.25, 0.3) is 5.91 Å². The summed E-state index contributed by atoms with van der Waals surface area (Å²) in [5, 5.41) is 0. The summed E-state index contributed by atoms with van der Waals surface area (Å²) in [6.07, 6.45) is 0. The van der Waals surface area contributed by atoms with E-state index in [1.165, 1.54) is 0 Å². The second-order valence-corrected chi connectivity index (χ2v) is 6.71. The van der Waals surface area contributed by atoms with Crippen LogP contribution in [0.5, 0.6) is 0 Å². The second-order valence-electron chi connectivity index (χ2n) is 4.04. The predicted octanol–water partition coefficient (Wildman–Crippen LogP) is 1.50. The first-order valence-corrected chi connectivity index (χ1v) is 7.77. The first-order chi connectivity index (χ1) is 9.73. The molecule has 0 unspecified atom stereocenters. The van der Waals surface area contributed by atoms with Crippen LogP contribution in [0.25, 0.3) is 0 Å². The molecule has 0 saturated heterocycles. The van der Waals surface area contributed by atoms with E-state index in [0.29, 0.717) is 0 Å². The van der Waals surface area contributed by atoms with E-state index in [0.717, 1.165) is 30.3 Å². The van der Waals surface area contributed by atoms with Crippen LogP contribution >= 0.6 is 15.9 Å². The van der Waals surface area contributed by atoms with E-state index < -0.39 is 21.6 Å². The van der Waals surface area contributed by atoms with Gasteiger partial charge in [-0.25, -0.2) is 17.8 Å². The number of nitrogens with two attached hydrogens (primary N) is 2. The number of aromatic nitrogens is 1. The first-order valence-electron chi connectivity index (χ1n) is 5.50. The number of carbonyl (C=O) groups is 1. The van der Waals surface area contributed by atoms with Gasteiger partial charge in [-0.15, -0.1) is 0 Å². The van der Waals surface area contributed by atoms with Crippen molar-refractivity contribution in [3.05, 3.63) is 46.4 Å². The third kappa shape index (κ3) is 2.88. The van der Waals surface area contributed by atoms with Gasteiger partial charge in [-0.2, -0.15) is 0 Å². The van der Waals surface area contributed by atoms with Crippen LogP contribution in [-0.4, -0.2) is 19.3 Å². The molecule has 0 aliphatic heterocycles. The number of hydrogen-bond donors (Lipinski definition) is 2. The molecule has 1 aromatic carbocycles. The van der Waals surface area contributed by atoms with Gasteiger partial charge in [0.15, 0.2) is 5.69 Å². The number of rotatable bonds is 3. The molecule has 9 heteroatoms. The third-order valence-electron chi connectivity index (χ3n) is 2.62. The van der Waals surface area contributed by atoms with Gasteiger partial charge < -0.3 is 11.5 Å². The molecule has 1 heterocycles. The maximum atomic E-state index is 12.9. The maximum Gasteiger partial charge on any atom is 0.269 e. The van der Waals surface area contributed by atoms with Gasteiger partial charge >= 0.3 is 0 Å². The molecule has 0 aliphatic rings. The number of hydrogen-bond acceptors (Lipinski definition) is 5. The monoisotopic (exact) mass is 373 g/mol. The highest BCUT2D eigenvalue weighted by molar-refractivity contribution is 9.10. The summed E-state index contributed by atoms with van der Waals surface area (Å²) < 4.78 is 37.6. The minimum absolute atomic E-state index is 0.102. The molecule has 6 nitrogen and oxygen atoms in total. The molecule has 21 heavy (non-hydrogen) atoms.